The molecule has 0 amide bonds. The van der Waals surface area contributed by atoms with Gasteiger partial charge in [-0.25, -0.2) is 4.79 Å². The van der Waals surface area contributed by atoms with Crippen molar-refractivity contribution in [3.8, 4) is 0 Å². The van der Waals surface area contributed by atoms with Gasteiger partial charge >= 0.3 is 5.97 Å². The lowest BCUT2D eigenvalue weighted by Crippen LogP contribution is -2.19. The van der Waals surface area contributed by atoms with E-state index in [1.165, 1.54) is 37.7 Å². The van der Waals surface area contributed by atoms with Crippen LogP contribution in [-0.2, 0) is 19.9 Å². The highest BCUT2D eigenvalue weighted by atomic mass is 16.7. The molecule has 1 saturated heterocycles. The van der Waals surface area contributed by atoms with Crippen LogP contribution in [-0.4, -0.2) is 18.7 Å². The molecule has 3 rings (SSSR count). The second-order valence-electron chi connectivity index (χ2n) is 6.73. The average molecular weight is 302 g/mol. The maximum absolute atomic E-state index is 11.9. The Kier molecular flexibility index (Phi) is 4.53. The van der Waals surface area contributed by atoms with Crippen molar-refractivity contribution in [1.82, 2.24) is 0 Å². The number of carbonyl (C=O) groups is 1. The number of hydrogen-bond donors (Lipinski definition) is 0. The van der Waals surface area contributed by atoms with E-state index in [1.54, 1.807) is 0 Å². The molecule has 1 saturated carbocycles. The molecule has 0 radical (unpaired) electrons. The monoisotopic (exact) mass is 302 g/mol. The van der Waals surface area contributed by atoms with Crippen molar-refractivity contribution >= 4 is 5.97 Å². The summed E-state index contributed by atoms with van der Waals surface area (Å²) >= 11 is 0. The van der Waals surface area contributed by atoms with E-state index in [1.807, 2.05) is 13.8 Å². The molecule has 1 aromatic rings. The zero-order chi connectivity index (χ0) is 15.6. The van der Waals surface area contributed by atoms with E-state index in [4.69, 9.17) is 9.47 Å². The molecule has 0 N–H and O–H groups in total. The molecule has 3 heteroatoms. The summed E-state index contributed by atoms with van der Waals surface area (Å²) in [4.78, 5) is 11.9. The first-order valence-corrected chi connectivity index (χ1v) is 8.60. The van der Waals surface area contributed by atoms with Crippen LogP contribution in [0.4, 0.5) is 0 Å². The van der Waals surface area contributed by atoms with Gasteiger partial charge in [-0.1, -0.05) is 50.5 Å². The third-order valence-corrected chi connectivity index (χ3v) is 5.03. The van der Waals surface area contributed by atoms with E-state index in [9.17, 15) is 4.79 Å². The van der Waals surface area contributed by atoms with Crippen LogP contribution >= 0.6 is 0 Å². The van der Waals surface area contributed by atoms with Gasteiger partial charge in [-0.2, -0.15) is 0 Å². The SMILES string of the molecule is CCCOC(=O)C1OC1(C)c1ccc(C2CCCCC2)cc1. The van der Waals surface area contributed by atoms with E-state index < -0.39 is 11.7 Å². The lowest BCUT2D eigenvalue weighted by Gasteiger charge is -2.22. The molecule has 3 nitrogen and oxygen atoms in total. The molecular weight excluding hydrogens is 276 g/mol. The summed E-state index contributed by atoms with van der Waals surface area (Å²) in [7, 11) is 0. The Labute approximate surface area is 133 Å². The minimum absolute atomic E-state index is 0.235. The highest BCUT2D eigenvalue weighted by Gasteiger charge is 2.59. The normalized spacial score (nSPS) is 28.4. The van der Waals surface area contributed by atoms with Gasteiger partial charge in [0.15, 0.2) is 6.10 Å². The van der Waals surface area contributed by atoms with Gasteiger partial charge in [0.2, 0.25) is 0 Å². The first-order chi connectivity index (χ1) is 10.6. The topological polar surface area (TPSA) is 38.8 Å². The largest absolute Gasteiger partial charge is 0.464 e. The van der Waals surface area contributed by atoms with Crippen LogP contribution in [0.3, 0.4) is 0 Å². The zero-order valence-electron chi connectivity index (χ0n) is 13.6. The van der Waals surface area contributed by atoms with Crippen molar-refractivity contribution in [2.75, 3.05) is 6.61 Å². The van der Waals surface area contributed by atoms with Gasteiger partial charge in [-0.15, -0.1) is 0 Å². The van der Waals surface area contributed by atoms with Crippen LogP contribution in [0.1, 0.15) is 69.4 Å². The fourth-order valence-electron chi connectivity index (χ4n) is 3.50. The number of carbonyl (C=O) groups excluding carboxylic acids is 1. The minimum Gasteiger partial charge on any atom is -0.464 e. The van der Waals surface area contributed by atoms with Crippen LogP contribution in [0.25, 0.3) is 0 Å². The van der Waals surface area contributed by atoms with Crippen molar-refractivity contribution in [1.29, 1.82) is 0 Å². The molecule has 0 bridgehead atoms. The predicted octanol–water partition coefficient (Wildman–Crippen LogP) is 4.30. The van der Waals surface area contributed by atoms with Crippen molar-refractivity contribution in [2.45, 2.75) is 70.0 Å². The van der Waals surface area contributed by atoms with E-state index in [2.05, 4.69) is 24.3 Å². The lowest BCUT2D eigenvalue weighted by molar-refractivity contribution is -0.145. The number of benzene rings is 1. The second-order valence-corrected chi connectivity index (χ2v) is 6.73. The number of esters is 1. The molecule has 2 fully saturated rings. The van der Waals surface area contributed by atoms with Crippen molar-refractivity contribution < 1.29 is 14.3 Å². The zero-order valence-corrected chi connectivity index (χ0v) is 13.6. The Balaban J connectivity index is 1.64. The smallest absolute Gasteiger partial charge is 0.338 e. The molecule has 1 aliphatic carbocycles. The fraction of sp³-hybridized carbons (Fsp3) is 0.632. The summed E-state index contributed by atoms with van der Waals surface area (Å²) in [6.07, 6.45) is 7.07. The van der Waals surface area contributed by atoms with E-state index in [0.29, 0.717) is 12.5 Å². The quantitative estimate of drug-likeness (QED) is 0.601. The van der Waals surface area contributed by atoms with Crippen molar-refractivity contribution in [3.05, 3.63) is 35.4 Å². The van der Waals surface area contributed by atoms with Gasteiger partial charge in [-0.3, -0.25) is 0 Å². The Bertz CT molecular complexity index is 516. The third-order valence-electron chi connectivity index (χ3n) is 5.03. The molecule has 120 valence electrons. The molecule has 0 aromatic heterocycles. The van der Waals surface area contributed by atoms with Gasteiger partial charge in [0, 0.05) is 0 Å². The maximum Gasteiger partial charge on any atom is 0.338 e. The molecule has 2 aliphatic rings. The van der Waals surface area contributed by atoms with Crippen molar-refractivity contribution in [2.24, 2.45) is 0 Å². The summed E-state index contributed by atoms with van der Waals surface area (Å²) < 4.78 is 10.8. The average Bonchev–Trinajstić information content (AvgIpc) is 3.27. The predicted molar refractivity (Wildman–Crippen MR) is 85.7 cm³/mol. The molecule has 0 spiro atoms. The molecule has 1 heterocycles. The number of hydrogen-bond acceptors (Lipinski definition) is 3. The van der Waals surface area contributed by atoms with E-state index in [0.717, 1.165) is 12.0 Å². The summed E-state index contributed by atoms with van der Waals surface area (Å²) in [5, 5.41) is 0. The second kappa shape index (κ2) is 6.41. The summed E-state index contributed by atoms with van der Waals surface area (Å²) in [6.45, 7) is 4.43. The molecule has 2 atom stereocenters. The van der Waals surface area contributed by atoms with Crippen LogP contribution in [0.15, 0.2) is 24.3 Å². The lowest BCUT2D eigenvalue weighted by atomic mass is 9.83. The van der Waals surface area contributed by atoms with Gasteiger partial charge in [0.05, 0.1) is 6.61 Å². The minimum atomic E-state index is -0.504. The Hall–Kier alpha value is -1.35. The van der Waals surface area contributed by atoms with Crippen LogP contribution < -0.4 is 0 Å². The molecular formula is C19H26O3. The molecule has 1 aromatic carbocycles. The Morgan fingerprint density at radius 1 is 1.23 bits per heavy atom. The third kappa shape index (κ3) is 3.05. The van der Waals surface area contributed by atoms with Crippen LogP contribution in [0.2, 0.25) is 0 Å². The first kappa shape index (κ1) is 15.5. The number of ether oxygens (including phenoxy) is 2. The van der Waals surface area contributed by atoms with Gasteiger partial charge in [0.1, 0.15) is 5.60 Å². The van der Waals surface area contributed by atoms with Crippen LogP contribution in [0, 0.1) is 0 Å². The number of epoxide rings is 1. The standard InChI is InChI=1S/C19H26O3/c1-3-13-21-18(20)17-19(2,22-17)16-11-9-15(10-12-16)14-7-5-4-6-8-14/h9-12,14,17H,3-8,13H2,1-2H3. The van der Waals surface area contributed by atoms with Crippen molar-refractivity contribution in [3.63, 3.8) is 0 Å². The van der Waals surface area contributed by atoms with E-state index in [-0.39, 0.29) is 5.97 Å². The Morgan fingerprint density at radius 3 is 2.55 bits per heavy atom. The highest BCUT2D eigenvalue weighted by Crippen LogP contribution is 2.47. The van der Waals surface area contributed by atoms with Gasteiger partial charge in [0.25, 0.3) is 0 Å². The highest BCUT2D eigenvalue weighted by molar-refractivity contribution is 5.79. The summed E-state index contributed by atoms with van der Waals surface area (Å²) in [5.74, 6) is 0.474. The molecule has 1 aliphatic heterocycles. The summed E-state index contributed by atoms with van der Waals surface area (Å²) in [6, 6.07) is 8.67. The van der Waals surface area contributed by atoms with Gasteiger partial charge in [-0.05, 0) is 43.2 Å². The summed E-state index contributed by atoms with van der Waals surface area (Å²) in [5.41, 5.74) is 2.00. The Morgan fingerprint density at radius 2 is 1.91 bits per heavy atom. The maximum atomic E-state index is 11.9. The van der Waals surface area contributed by atoms with E-state index >= 15 is 0 Å². The van der Waals surface area contributed by atoms with Crippen LogP contribution in [0.5, 0.6) is 0 Å². The number of rotatable bonds is 5. The molecule has 2 unspecified atom stereocenters. The van der Waals surface area contributed by atoms with Gasteiger partial charge < -0.3 is 9.47 Å². The molecule has 22 heavy (non-hydrogen) atoms. The first-order valence-electron chi connectivity index (χ1n) is 8.60. The fourth-order valence-corrected chi connectivity index (χ4v) is 3.50.